The molecule has 0 saturated carbocycles. The summed E-state index contributed by atoms with van der Waals surface area (Å²) in [4.78, 5) is 9.82. The summed E-state index contributed by atoms with van der Waals surface area (Å²) < 4.78 is 18.7. The van der Waals surface area contributed by atoms with Crippen LogP contribution in [0.15, 0.2) is 89.8 Å². The van der Waals surface area contributed by atoms with Gasteiger partial charge in [-0.15, -0.1) is 0 Å². The first-order chi connectivity index (χ1) is 14.6. The summed E-state index contributed by atoms with van der Waals surface area (Å²) in [6.45, 7) is 0. The lowest BCUT2D eigenvalue weighted by atomic mass is 10.2. The maximum Gasteiger partial charge on any atom is 0.223 e. The molecule has 0 aliphatic rings. The molecule has 1 atom stereocenters. The topological polar surface area (TPSA) is 52.1 Å². The Kier molecular flexibility index (Phi) is 6.43. The molecule has 3 aromatic carbocycles. The molecule has 0 radical (unpaired) electrons. The molecule has 150 valence electrons. The summed E-state index contributed by atoms with van der Waals surface area (Å²) in [5.74, 6) is 1.70. The number of aromatic nitrogens is 2. The SMILES string of the molecule is O=[S@@](Cc1cc(Oc2ccc(Cl)cc2)nc(-c2ccccc2)n1)c1ccc(Cl)cc1. The normalized spacial score (nSPS) is 11.8. The first kappa shape index (κ1) is 20.5. The monoisotopic (exact) mass is 454 g/mol. The van der Waals surface area contributed by atoms with Crippen LogP contribution in [0.4, 0.5) is 0 Å². The van der Waals surface area contributed by atoms with Gasteiger partial charge in [0.15, 0.2) is 5.82 Å². The van der Waals surface area contributed by atoms with Gasteiger partial charge in [-0.3, -0.25) is 4.21 Å². The van der Waals surface area contributed by atoms with E-state index in [1.54, 1.807) is 54.6 Å². The summed E-state index contributed by atoms with van der Waals surface area (Å²) in [5.41, 5.74) is 1.46. The number of nitrogens with zero attached hydrogens (tertiary/aromatic N) is 2. The van der Waals surface area contributed by atoms with Crippen LogP contribution in [-0.2, 0) is 16.6 Å². The number of hydrogen-bond donors (Lipinski definition) is 0. The van der Waals surface area contributed by atoms with E-state index < -0.39 is 10.8 Å². The molecule has 30 heavy (non-hydrogen) atoms. The summed E-state index contributed by atoms with van der Waals surface area (Å²) >= 11 is 11.9. The third-order valence-corrected chi connectivity index (χ3v) is 6.04. The first-order valence-corrected chi connectivity index (χ1v) is 11.1. The Balaban J connectivity index is 1.67. The van der Waals surface area contributed by atoms with Crippen molar-refractivity contribution in [2.75, 3.05) is 0 Å². The van der Waals surface area contributed by atoms with Crippen molar-refractivity contribution in [3.63, 3.8) is 0 Å². The second-order valence-electron chi connectivity index (χ2n) is 6.39. The lowest BCUT2D eigenvalue weighted by Gasteiger charge is -2.10. The van der Waals surface area contributed by atoms with Gasteiger partial charge in [-0.05, 0) is 48.5 Å². The molecule has 1 heterocycles. The smallest absolute Gasteiger partial charge is 0.223 e. The fourth-order valence-electron chi connectivity index (χ4n) is 2.74. The summed E-state index contributed by atoms with van der Waals surface area (Å²) in [5, 5.41) is 1.22. The van der Waals surface area contributed by atoms with E-state index in [-0.39, 0.29) is 5.75 Å². The molecule has 4 nitrogen and oxygen atoms in total. The summed E-state index contributed by atoms with van der Waals surface area (Å²) in [6.07, 6.45) is 0. The van der Waals surface area contributed by atoms with E-state index in [4.69, 9.17) is 27.9 Å². The molecule has 0 aliphatic heterocycles. The van der Waals surface area contributed by atoms with Gasteiger partial charge in [0.1, 0.15) is 5.75 Å². The zero-order valence-electron chi connectivity index (χ0n) is 15.7. The Morgan fingerprint density at radius 3 is 2.10 bits per heavy atom. The number of ether oxygens (including phenoxy) is 1. The number of benzene rings is 3. The average Bonchev–Trinajstić information content (AvgIpc) is 2.76. The standard InChI is InChI=1S/C23H16Cl2N2O2S/c24-17-6-10-20(11-7-17)29-22-14-19(15-30(28)21-12-8-18(25)9-13-21)26-23(27-22)16-4-2-1-3-5-16/h1-14H,15H2/t30-/m0/s1. The third kappa shape index (κ3) is 5.25. The molecule has 1 aromatic heterocycles. The van der Waals surface area contributed by atoms with Gasteiger partial charge in [0.25, 0.3) is 0 Å². The molecule has 4 rings (SSSR count). The van der Waals surface area contributed by atoms with E-state index in [2.05, 4.69) is 9.97 Å². The fraction of sp³-hybridized carbons (Fsp3) is 0.0435. The van der Waals surface area contributed by atoms with Crippen LogP contribution < -0.4 is 4.74 Å². The predicted molar refractivity (Wildman–Crippen MR) is 121 cm³/mol. The van der Waals surface area contributed by atoms with Crippen LogP contribution >= 0.6 is 23.2 Å². The van der Waals surface area contributed by atoms with Crippen molar-refractivity contribution in [1.29, 1.82) is 0 Å². The second-order valence-corrected chi connectivity index (χ2v) is 8.71. The highest BCUT2D eigenvalue weighted by molar-refractivity contribution is 7.84. The van der Waals surface area contributed by atoms with Crippen LogP contribution in [0.25, 0.3) is 11.4 Å². The molecule has 0 saturated heterocycles. The van der Waals surface area contributed by atoms with Crippen LogP contribution in [0.5, 0.6) is 11.6 Å². The maximum atomic E-state index is 12.8. The van der Waals surface area contributed by atoms with E-state index >= 15 is 0 Å². The molecule has 0 N–H and O–H groups in total. The Hall–Kier alpha value is -2.73. The number of halogens is 2. The van der Waals surface area contributed by atoms with E-state index in [0.717, 1.165) is 5.56 Å². The van der Waals surface area contributed by atoms with Gasteiger partial charge in [-0.25, -0.2) is 4.98 Å². The van der Waals surface area contributed by atoms with Crippen molar-refractivity contribution in [1.82, 2.24) is 9.97 Å². The van der Waals surface area contributed by atoms with Gasteiger partial charge in [0.2, 0.25) is 5.88 Å². The van der Waals surface area contributed by atoms with Crippen molar-refractivity contribution >= 4 is 34.0 Å². The minimum Gasteiger partial charge on any atom is -0.439 e. The third-order valence-electron chi connectivity index (χ3n) is 4.18. The minimum absolute atomic E-state index is 0.223. The van der Waals surface area contributed by atoms with Gasteiger partial charge < -0.3 is 4.74 Å². The predicted octanol–water partition coefficient (Wildman–Crippen LogP) is 6.55. The lowest BCUT2D eigenvalue weighted by molar-refractivity contribution is 0.461. The Labute approximate surface area is 187 Å². The van der Waals surface area contributed by atoms with Crippen LogP contribution in [-0.4, -0.2) is 14.2 Å². The first-order valence-electron chi connectivity index (χ1n) is 9.07. The molecule has 0 spiro atoms. The molecule has 7 heteroatoms. The molecular weight excluding hydrogens is 439 g/mol. The van der Waals surface area contributed by atoms with Gasteiger partial charge in [-0.1, -0.05) is 53.5 Å². The number of hydrogen-bond acceptors (Lipinski definition) is 4. The van der Waals surface area contributed by atoms with E-state index in [1.807, 2.05) is 30.3 Å². The molecule has 0 aliphatic carbocycles. The van der Waals surface area contributed by atoms with Crippen molar-refractivity contribution < 1.29 is 8.95 Å². The Morgan fingerprint density at radius 1 is 0.800 bits per heavy atom. The van der Waals surface area contributed by atoms with Gasteiger partial charge in [-0.2, -0.15) is 4.98 Å². The Morgan fingerprint density at radius 2 is 1.43 bits per heavy atom. The highest BCUT2D eigenvalue weighted by Gasteiger charge is 2.13. The average molecular weight is 455 g/mol. The zero-order valence-corrected chi connectivity index (χ0v) is 18.0. The highest BCUT2D eigenvalue weighted by Crippen LogP contribution is 2.26. The lowest BCUT2D eigenvalue weighted by Crippen LogP contribution is -2.03. The Bertz CT molecular complexity index is 1170. The molecule has 0 amide bonds. The van der Waals surface area contributed by atoms with Crippen molar-refractivity contribution in [2.45, 2.75) is 10.6 Å². The van der Waals surface area contributed by atoms with Crippen molar-refractivity contribution in [2.24, 2.45) is 0 Å². The zero-order chi connectivity index (χ0) is 20.9. The van der Waals surface area contributed by atoms with Crippen LogP contribution in [0, 0.1) is 0 Å². The molecular formula is C23H16Cl2N2O2S. The maximum absolute atomic E-state index is 12.8. The van der Waals surface area contributed by atoms with E-state index in [0.29, 0.717) is 38.1 Å². The van der Waals surface area contributed by atoms with Gasteiger partial charge in [0, 0.05) is 26.6 Å². The van der Waals surface area contributed by atoms with Gasteiger partial charge >= 0.3 is 0 Å². The van der Waals surface area contributed by atoms with Crippen LogP contribution in [0.1, 0.15) is 5.69 Å². The second kappa shape index (κ2) is 9.39. The number of rotatable bonds is 6. The quantitative estimate of drug-likeness (QED) is 0.331. The van der Waals surface area contributed by atoms with Crippen molar-refractivity contribution in [3.05, 3.63) is 101 Å². The largest absolute Gasteiger partial charge is 0.439 e. The molecule has 0 unspecified atom stereocenters. The van der Waals surface area contributed by atoms with E-state index in [9.17, 15) is 4.21 Å². The van der Waals surface area contributed by atoms with E-state index in [1.165, 1.54) is 0 Å². The minimum atomic E-state index is -1.29. The molecule has 0 bridgehead atoms. The summed E-state index contributed by atoms with van der Waals surface area (Å²) in [7, 11) is -1.29. The van der Waals surface area contributed by atoms with Crippen LogP contribution in [0.3, 0.4) is 0 Å². The van der Waals surface area contributed by atoms with Crippen LogP contribution in [0.2, 0.25) is 10.0 Å². The molecule has 0 fully saturated rings. The molecule has 4 aromatic rings. The van der Waals surface area contributed by atoms with Crippen molar-refractivity contribution in [3.8, 4) is 23.0 Å². The highest BCUT2D eigenvalue weighted by atomic mass is 35.5. The summed E-state index contributed by atoms with van der Waals surface area (Å²) in [6, 6.07) is 25.2. The van der Waals surface area contributed by atoms with Gasteiger partial charge in [0.05, 0.1) is 22.2 Å². The fourth-order valence-corrected chi connectivity index (χ4v) is 4.02.